The van der Waals surface area contributed by atoms with E-state index in [1.165, 1.54) is 25.3 Å². The molecular weight excluding hydrogens is 551 g/mol. The third kappa shape index (κ3) is 6.42. The van der Waals surface area contributed by atoms with Gasteiger partial charge in [-0.05, 0) is 77.0 Å². The fourth-order valence-electron chi connectivity index (χ4n) is 2.91. The monoisotopic (exact) mass is 570 g/mol. The zero-order valence-corrected chi connectivity index (χ0v) is 20.2. The van der Waals surface area contributed by atoms with Crippen molar-refractivity contribution in [2.24, 2.45) is 0 Å². The van der Waals surface area contributed by atoms with Gasteiger partial charge in [0.05, 0.1) is 7.11 Å². The molecule has 1 amide bonds. The summed E-state index contributed by atoms with van der Waals surface area (Å²) in [6.07, 6.45) is 0.166. The third-order valence-corrected chi connectivity index (χ3v) is 6.87. The first-order valence-electron chi connectivity index (χ1n) is 9.25. The topological polar surface area (TPSA) is 84.5 Å². The summed E-state index contributed by atoms with van der Waals surface area (Å²) in [4.78, 5) is 12.9. The predicted octanol–water partition coefficient (Wildman–Crippen LogP) is 4.48. The van der Waals surface area contributed by atoms with E-state index in [0.29, 0.717) is 5.69 Å². The Morgan fingerprint density at radius 1 is 1.06 bits per heavy atom. The number of methoxy groups -OCH3 is 1. The first kappa shape index (κ1) is 23.5. The average Bonchev–Trinajstić information content (AvgIpc) is 2.75. The molecule has 9 heteroatoms. The number of sulfonamides is 1. The summed E-state index contributed by atoms with van der Waals surface area (Å²) in [6, 6.07) is 19.6. The molecule has 3 rings (SSSR count). The van der Waals surface area contributed by atoms with E-state index in [9.17, 15) is 13.2 Å². The van der Waals surface area contributed by atoms with Gasteiger partial charge in [0.15, 0.2) is 0 Å². The summed E-state index contributed by atoms with van der Waals surface area (Å²) in [6.45, 7) is 0. The Morgan fingerprint density at radius 2 is 1.74 bits per heavy atom. The number of rotatable bonds is 8. The lowest BCUT2D eigenvalue weighted by atomic mass is 10.1. The third-order valence-electron chi connectivity index (χ3n) is 4.42. The van der Waals surface area contributed by atoms with Crippen LogP contribution in [0.3, 0.4) is 0 Å². The highest BCUT2D eigenvalue weighted by Gasteiger charge is 2.28. The molecule has 0 radical (unpaired) electrons. The van der Waals surface area contributed by atoms with Gasteiger partial charge in [-0.1, -0.05) is 41.9 Å². The molecule has 0 saturated carbocycles. The fourth-order valence-corrected chi connectivity index (χ4v) is 4.90. The number of carbonyl (C=O) groups excluding carboxylic acids is 1. The normalized spacial score (nSPS) is 12.2. The maximum Gasteiger partial charge on any atom is 0.245 e. The molecule has 0 aliphatic rings. The van der Waals surface area contributed by atoms with E-state index < -0.39 is 22.0 Å². The Labute approximate surface area is 200 Å². The van der Waals surface area contributed by atoms with E-state index in [1.807, 2.05) is 42.5 Å². The molecule has 0 spiro atoms. The van der Waals surface area contributed by atoms with Gasteiger partial charge in [0.2, 0.25) is 15.9 Å². The summed E-state index contributed by atoms with van der Waals surface area (Å²) in [7, 11) is -2.74. The highest BCUT2D eigenvalue weighted by atomic mass is 127. The van der Waals surface area contributed by atoms with Crippen molar-refractivity contribution in [3.63, 3.8) is 0 Å². The quantitative estimate of drug-likeness (QED) is 0.391. The van der Waals surface area contributed by atoms with Gasteiger partial charge in [-0.3, -0.25) is 4.79 Å². The highest BCUT2D eigenvalue weighted by molar-refractivity contribution is 14.1. The van der Waals surface area contributed by atoms with Gasteiger partial charge in [-0.15, -0.1) is 0 Å². The van der Waals surface area contributed by atoms with Crippen LogP contribution >= 0.6 is 34.2 Å². The van der Waals surface area contributed by atoms with E-state index in [-0.39, 0.29) is 22.1 Å². The molecule has 162 valence electrons. The Morgan fingerprint density at radius 3 is 2.39 bits per heavy atom. The molecule has 3 aromatic carbocycles. The molecule has 0 aromatic heterocycles. The van der Waals surface area contributed by atoms with Crippen molar-refractivity contribution in [3.05, 3.63) is 87.0 Å². The zero-order chi connectivity index (χ0) is 22.4. The van der Waals surface area contributed by atoms with Crippen molar-refractivity contribution < 1.29 is 17.9 Å². The molecule has 0 heterocycles. The second kappa shape index (κ2) is 10.4. The Bertz CT molecular complexity index is 1160. The second-order valence-electron chi connectivity index (χ2n) is 6.65. The Balaban J connectivity index is 1.91. The first-order chi connectivity index (χ1) is 14.8. The minimum absolute atomic E-state index is 0.133. The number of ether oxygens (including phenoxy) is 1. The Hall–Kier alpha value is -2.14. The van der Waals surface area contributed by atoms with Crippen molar-refractivity contribution in [1.29, 1.82) is 0 Å². The molecule has 0 bridgehead atoms. The molecule has 3 aromatic rings. The number of amides is 1. The first-order valence-corrected chi connectivity index (χ1v) is 12.2. The maximum absolute atomic E-state index is 13.1. The number of halogens is 2. The molecule has 0 fully saturated rings. The maximum atomic E-state index is 13.1. The molecule has 0 unspecified atom stereocenters. The Kier molecular flexibility index (Phi) is 7.93. The lowest BCUT2D eigenvalue weighted by Crippen LogP contribution is -2.45. The van der Waals surface area contributed by atoms with Crippen molar-refractivity contribution in [1.82, 2.24) is 4.72 Å². The van der Waals surface area contributed by atoms with E-state index in [2.05, 4.69) is 32.6 Å². The van der Waals surface area contributed by atoms with Crippen LogP contribution in [0.25, 0.3) is 0 Å². The van der Waals surface area contributed by atoms with Crippen LogP contribution in [0.1, 0.15) is 5.56 Å². The fraction of sp³-hybridized carbons (Fsp3) is 0.136. The van der Waals surface area contributed by atoms with Crippen molar-refractivity contribution in [2.75, 3.05) is 12.4 Å². The van der Waals surface area contributed by atoms with Crippen LogP contribution in [0.4, 0.5) is 5.69 Å². The van der Waals surface area contributed by atoms with E-state index in [4.69, 9.17) is 16.3 Å². The number of anilines is 1. The van der Waals surface area contributed by atoms with Crippen LogP contribution in [-0.2, 0) is 21.2 Å². The molecule has 1 atom stereocenters. The van der Waals surface area contributed by atoms with Gasteiger partial charge in [-0.25, -0.2) is 8.42 Å². The SMILES string of the molecule is COc1ccc(Cl)cc1S(=O)(=O)N[C@@H](Cc1ccccc1)C(=O)Nc1ccc(I)cc1. The van der Waals surface area contributed by atoms with Crippen molar-refractivity contribution in [3.8, 4) is 5.75 Å². The smallest absolute Gasteiger partial charge is 0.245 e. The highest BCUT2D eigenvalue weighted by Crippen LogP contribution is 2.27. The standard InChI is InChI=1S/C22H20ClIN2O4S/c1-30-20-12-7-16(23)14-21(20)31(28,29)26-19(13-15-5-3-2-4-6-15)22(27)25-18-10-8-17(24)9-11-18/h2-12,14,19,26H,13H2,1H3,(H,25,27)/t19-/m0/s1. The predicted molar refractivity (Wildman–Crippen MR) is 130 cm³/mol. The van der Waals surface area contributed by atoms with Gasteiger partial charge in [0, 0.05) is 14.3 Å². The van der Waals surface area contributed by atoms with Crippen LogP contribution < -0.4 is 14.8 Å². The van der Waals surface area contributed by atoms with Crippen molar-refractivity contribution >= 4 is 55.8 Å². The number of benzene rings is 3. The number of hydrogen-bond donors (Lipinski definition) is 2. The van der Waals surface area contributed by atoms with E-state index in [0.717, 1.165) is 9.13 Å². The zero-order valence-electron chi connectivity index (χ0n) is 16.5. The number of nitrogens with one attached hydrogen (secondary N) is 2. The lowest BCUT2D eigenvalue weighted by molar-refractivity contribution is -0.117. The van der Waals surface area contributed by atoms with Crippen LogP contribution in [0.2, 0.25) is 5.02 Å². The van der Waals surface area contributed by atoms with Crippen LogP contribution in [-0.4, -0.2) is 27.5 Å². The number of hydrogen-bond acceptors (Lipinski definition) is 4. The summed E-state index contributed by atoms with van der Waals surface area (Å²) in [5, 5.41) is 3.02. The molecule has 31 heavy (non-hydrogen) atoms. The largest absolute Gasteiger partial charge is 0.495 e. The van der Waals surface area contributed by atoms with Gasteiger partial charge in [0.1, 0.15) is 16.7 Å². The van der Waals surface area contributed by atoms with Gasteiger partial charge < -0.3 is 10.1 Å². The molecule has 0 aliphatic carbocycles. The summed E-state index contributed by atoms with van der Waals surface area (Å²) < 4.78 is 35.0. The summed E-state index contributed by atoms with van der Waals surface area (Å²) >= 11 is 8.17. The van der Waals surface area contributed by atoms with Crippen LogP contribution in [0.15, 0.2) is 77.7 Å². The van der Waals surface area contributed by atoms with E-state index >= 15 is 0 Å². The summed E-state index contributed by atoms with van der Waals surface area (Å²) in [5.74, 6) is -0.344. The van der Waals surface area contributed by atoms with Crippen molar-refractivity contribution in [2.45, 2.75) is 17.4 Å². The second-order valence-corrected chi connectivity index (χ2v) is 10.0. The molecule has 0 aliphatic heterocycles. The lowest BCUT2D eigenvalue weighted by Gasteiger charge is -2.20. The molecule has 6 nitrogen and oxygen atoms in total. The van der Waals surface area contributed by atoms with E-state index in [1.54, 1.807) is 12.1 Å². The molecular formula is C22H20ClIN2O4S. The van der Waals surface area contributed by atoms with Gasteiger partial charge in [0.25, 0.3) is 0 Å². The molecule has 2 N–H and O–H groups in total. The van der Waals surface area contributed by atoms with Gasteiger partial charge >= 0.3 is 0 Å². The minimum atomic E-state index is -4.11. The van der Waals surface area contributed by atoms with Gasteiger partial charge in [-0.2, -0.15) is 4.72 Å². The summed E-state index contributed by atoms with van der Waals surface area (Å²) in [5.41, 5.74) is 1.38. The number of carbonyl (C=O) groups is 1. The van der Waals surface area contributed by atoms with Crippen LogP contribution in [0.5, 0.6) is 5.75 Å². The molecule has 0 saturated heterocycles. The minimum Gasteiger partial charge on any atom is -0.495 e. The van der Waals surface area contributed by atoms with Crippen LogP contribution in [0, 0.1) is 3.57 Å². The average molecular weight is 571 g/mol.